The molecule has 0 aliphatic rings. The highest BCUT2D eigenvalue weighted by Gasteiger charge is 2.31. The number of aliphatic carboxylic acids is 1. The number of hydrogen-bond donors (Lipinski definition) is 8. The molecular weight excluding hydrogens is 492 g/mol. The van der Waals surface area contributed by atoms with E-state index in [-0.39, 0.29) is 37.7 Å². The predicted octanol–water partition coefficient (Wildman–Crippen LogP) is -2.42. The first-order valence-electron chi connectivity index (χ1n) is 11.5. The number of nitrogens with zero attached hydrogens (tertiary/aromatic N) is 1. The molecule has 0 spiro atoms. The molecule has 0 aromatic carbocycles. The van der Waals surface area contributed by atoms with Crippen LogP contribution in [0.15, 0.2) is 4.99 Å². The minimum Gasteiger partial charge on any atom is -0.480 e. The summed E-state index contributed by atoms with van der Waals surface area (Å²) < 4.78 is 0. The highest BCUT2D eigenvalue weighted by atomic mass is 32.2. The molecule has 0 aromatic rings. The SMILES string of the molecule is CSCCC(NC(=O)C(CC(C)C)NC(=O)C(CC(N)=O)NC(=O)C(N)CCCN=C(N)N)C(=O)O. The van der Waals surface area contributed by atoms with Crippen LogP contribution >= 0.6 is 11.8 Å². The molecule has 0 fully saturated rings. The zero-order chi connectivity index (χ0) is 27.8. The molecule has 4 atom stereocenters. The number of nitrogens with two attached hydrogens (primary N) is 4. The van der Waals surface area contributed by atoms with E-state index in [4.69, 9.17) is 22.9 Å². The van der Waals surface area contributed by atoms with Gasteiger partial charge in [0.15, 0.2) is 5.96 Å². The number of guanidine groups is 1. The average Bonchev–Trinajstić information content (AvgIpc) is 2.77. The number of carbonyl (C=O) groups excluding carboxylic acids is 4. The van der Waals surface area contributed by atoms with Crippen molar-refractivity contribution in [2.24, 2.45) is 33.8 Å². The molecule has 15 heteroatoms. The number of primary amides is 1. The van der Waals surface area contributed by atoms with Gasteiger partial charge in [-0.1, -0.05) is 13.8 Å². The monoisotopic (exact) mass is 532 g/mol. The summed E-state index contributed by atoms with van der Waals surface area (Å²) in [6.45, 7) is 3.90. The number of carboxylic acids is 1. The molecule has 0 aromatic heterocycles. The molecule has 14 nitrogen and oxygen atoms in total. The molecule has 4 unspecified atom stereocenters. The first-order valence-corrected chi connectivity index (χ1v) is 12.9. The van der Waals surface area contributed by atoms with E-state index in [9.17, 15) is 29.1 Å². The third-order valence-corrected chi connectivity index (χ3v) is 5.55. The Balaban J connectivity index is 5.39. The van der Waals surface area contributed by atoms with E-state index in [0.717, 1.165) is 0 Å². The van der Waals surface area contributed by atoms with Gasteiger partial charge in [-0.2, -0.15) is 11.8 Å². The second-order valence-electron chi connectivity index (χ2n) is 8.66. The van der Waals surface area contributed by atoms with Crippen LogP contribution in [0.25, 0.3) is 0 Å². The van der Waals surface area contributed by atoms with Crippen LogP contribution in [0, 0.1) is 5.92 Å². The van der Waals surface area contributed by atoms with Crippen LogP contribution in [0.3, 0.4) is 0 Å². The summed E-state index contributed by atoms with van der Waals surface area (Å²) in [5, 5.41) is 16.7. The quantitative estimate of drug-likeness (QED) is 0.0526. The lowest BCUT2D eigenvalue weighted by atomic mass is 10.0. The Hall–Kier alpha value is -3.07. The third-order valence-electron chi connectivity index (χ3n) is 4.91. The van der Waals surface area contributed by atoms with Crippen molar-refractivity contribution in [2.45, 2.75) is 70.1 Å². The van der Waals surface area contributed by atoms with Gasteiger partial charge >= 0.3 is 5.97 Å². The predicted molar refractivity (Wildman–Crippen MR) is 138 cm³/mol. The Bertz CT molecular complexity index is 790. The van der Waals surface area contributed by atoms with Gasteiger partial charge in [0.1, 0.15) is 18.1 Å². The number of amides is 4. The van der Waals surface area contributed by atoms with Gasteiger partial charge in [0.05, 0.1) is 12.5 Å². The van der Waals surface area contributed by atoms with Crippen molar-refractivity contribution in [3.05, 3.63) is 0 Å². The largest absolute Gasteiger partial charge is 0.480 e. The molecule has 0 saturated carbocycles. The minimum atomic E-state index is -1.38. The molecule has 0 saturated heterocycles. The van der Waals surface area contributed by atoms with Gasteiger partial charge in [-0.15, -0.1) is 0 Å². The van der Waals surface area contributed by atoms with Crippen LogP contribution in [0.5, 0.6) is 0 Å². The van der Waals surface area contributed by atoms with Gasteiger partial charge in [-0.05, 0) is 43.6 Å². The Morgan fingerprint density at radius 2 is 1.44 bits per heavy atom. The highest BCUT2D eigenvalue weighted by molar-refractivity contribution is 7.98. The van der Waals surface area contributed by atoms with E-state index in [2.05, 4.69) is 20.9 Å². The Kier molecular flexibility index (Phi) is 15.9. The lowest BCUT2D eigenvalue weighted by Gasteiger charge is -2.25. The van der Waals surface area contributed by atoms with E-state index in [0.29, 0.717) is 12.2 Å². The molecule has 206 valence electrons. The summed E-state index contributed by atoms with van der Waals surface area (Å²) in [6, 6.07) is -4.62. The van der Waals surface area contributed by atoms with Crippen LogP contribution < -0.4 is 38.9 Å². The van der Waals surface area contributed by atoms with Crippen LogP contribution in [0.2, 0.25) is 0 Å². The van der Waals surface area contributed by atoms with Gasteiger partial charge in [0, 0.05) is 6.54 Å². The number of carboxylic acid groups (broad SMARTS) is 1. The zero-order valence-corrected chi connectivity index (χ0v) is 21.8. The van der Waals surface area contributed by atoms with Crippen LogP contribution in [-0.2, 0) is 24.0 Å². The number of rotatable bonds is 18. The Morgan fingerprint density at radius 3 is 1.94 bits per heavy atom. The number of carbonyl (C=O) groups is 5. The molecule has 0 bridgehead atoms. The van der Waals surface area contributed by atoms with Crippen LogP contribution in [0.4, 0.5) is 0 Å². The molecular formula is C21H40N8O6S. The summed E-state index contributed by atoms with van der Waals surface area (Å²) in [7, 11) is 0. The van der Waals surface area contributed by atoms with Gasteiger partial charge in [-0.3, -0.25) is 24.2 Å². The Morgan fingerprint density at radius 1 is 0.889 bits per heavy atom. The van der Waals surface area contributed by atoms with Crippen LogP contribution in [0.1, 0.15) is 46.0 Å². The second kappa shape index (κ2) is 17.4. The molecule has 36 heavy (non-hydrogen) atoms. The Labute approximate surface area is 215 Å². The van der Waals surface area contributed by atoms with Gasteiger partial charge in [0.25, 0.3) is 0 Å². The average molecular weight is 533 g/mol. The maximum Gasteiger partial charge on any atom is 0.326 e. The highest BCUT2D eigenvalue weighted by Crippen LogP contribution is 2.08. The summed E-state index contributed by atoms with van der Waals surface area (Å²) >= 11 is 1.43. The number of aliphatic imine (C=N–C) groups is 1. The van der Waals surface area contributed by atoms with E-state index in [1.54, 1.807) is 0 Å². The van der Waals surface area contributed by atoms with Gasteiger partial charge < -0.3 is 44.0 Å². The summed E-state index contributed by atoms with van der Waals surface area (Å²) in [5.74, 6) is -3.89. The standard InChI is InChI=1S/C21H40N8O6S/c1-11(2)9-14(18(32)27-13(20(34)35)6-8-36-3)29-19(33)15(10-16(23)30)28-17(31)12(22)5-4-7-26-21(24)25/h11-15H,4-10,22H2,1-3H3,(H2,23,30)(H,27,32)(H,28,31)(H,29,33)(H,34,35)(H4,24,25,26). The van der Waals surface area contributed by atoms with Crippen molar-refractivity contribution in [3.8, 4) is 0 Å². The van der Waals surface area contributed by atoms with Gasteiger partial charge in [0.2, 0.25) is 23.6 Å². The van der Waals surface area contributed by atoms with Gasteiger partial charge in [-0.25, -0.2) is 4.79 Å². The van der Waals surface area contributed by atoms with E-state index in [1.165, 1.54) is 11.8 Å². The molecule has 0 aliphatic heterocycles. The molecule has 0 radical (unpaired) electrons. The number of thioether (sulfide) groups is 1. The zero-order valence-electron chi connectivity index (χ0n) is 21.0. The maximum atomic E-state index is 12.9. The van der Waals surface area contributed by atoms with Crippen molar-refractivity contribution in [2.75, 3.05) is 18.6 Å². The van der Waals surface area contributed by atoms with Crippen molar-refractivity contribution < 1.29 is 29.1 Å². The molecule has 0 rings (SSSR count). The molecule has 4 amide bonds. The van der Waals surface area contributed by atoms with E-state index in [1.807, 2.05) is 20.1 Å². The lowest BCUT2D eigenvalue weighted by Crippen LogP contribution is -2.58. The second-order valence-corrected chi connectivity index (χ2v) is 9.64. The summed E-state index contributed by atoms with van der Waals surface area (Å²) in [5.41, 5.74) is 21.6. The normalized spacial score (nSPS) is 14.1. The fourth-order valence-corrected chi connectivity index (χ4v) is 3.55. The topological polar surface area (TPSA) is 258 Å². The minimum absolute atomic E-state index is 0.0432. The first kappa shape index (κ1) is 32.9. The van der Waals surface area contributed by atoms with Crippen molar-refractivity contribution in [3.63, 3.8) is 0 Å². The fraction of sp³-hybridized carbons (Fsp3) is 0.714. The molecule has 0 heterocycles. The summed E-state index contributed by atoms with van der Waals surface area (Å²) in [4.78, 5) is 65.1. The smallest absolute Gasteiger partial charge is 0.326 e. The first-order chi connectivity index (χ1) is 16.8. The van der Waals surface area contributed by atoms with Crippen molar-refractivity contribution in [1.82, 2.24) is 16.0 Å². The molecule has 0 aliphatic carbocycles. The van der Waals surface area contributed by atoms with E-state index < -0.39 is 60.2 Å². The van der Waals surface area contributed by atoms with E-state index >= 15 is 0 Å². The van der Waals surface area contributed by atoms with Crippen molar-refractivity contribution >= 4 is 47.3 Å². The molecule has 12 N–H and O–H groups in total. The number of hydrogen-bond acceptors (Lipinski definition) is 8. The fourth-order valence-electron chi connectivity index (χ4n) is 3.08. The van der Waals surface area contributed by atoms with Crippen LogP contribution in [-0.4, -0.2) is 83.4 Å². The van der Waals surface area contributed by atoms with Crippen molar-refractivity contribution in [1.29, 1.82) is 0 Å². The lowest BCUT2D eigenvalue weighted by molar-refractivity contribution is -0.142. The summed E-state index contributed by atoms with van der Waals surface area (Å²) in [6.07, 6.45) is 2.28. The third kappa shape index (κ3) is 14.4. The maximum absolute atomic E-state index is 12.9. The number of nitrogens with one attached hydrogen (secondary N) is 3.